The number of pyridine rings is 1. The molecule has 8 heteroatoms. The number of nitrogens with zero attached hydrogens (tertiary/aromatic N) is 3. The van der Waals surface area contributed by atoms with Crippen LogP contribution in [-0.4, -0.2) is 32.1 Å². The molecule has 1 aromatic heterocycles. The van der Waals surface area contributed by atoms with Crippen molar-refractivity contribution in [1.82, 2.24) is 4.98 Å². The summed E-state index contributed by atoms with van der Waals surface area (Å²) in [5.41, 5.74) is 4.31. The number of nitriles is 1. The number of phenolic OH excluding ortho intramolecular Hbond substituents is 1. The Balaban J connectivity index is 1.38. The van der Waals surface area contributed by atoms with Crippen molar-refractivity contribution in [3.8, 4) is 22.9 Å². The normalized spacial score (nSPS) is 17.6. The summed E-state index contributed by atoms with van der Waals surface area (Å²) in [5.74, 6) is -0.0587. The standard InChI is InChI=1S/C29H22FN3O3S/c30-23-7-1-20(2-8-23)26(35)17-37-28-27(21-5-11-25(34)12-6-21)33(29(28)36)24-9-3-19(4-10-24)22-13-18(14-31)15-32-16-22/h1-13,15-16,26-28,34-35H,17H2/t26-,27-,28-/m1/s1. The molecule has 1 fully saturated rings. The van der Waals surface area contributed by atoms with E-state index >= 15 is 0 Å². The largest absolute Gasteiger partial charge is 0.508 e. The number of benzene rings is 3. The number of aliphatic hydroxyl groups is 1. The van der Waals surface area contributed by atoms with Crippen LogP contribution in [0.1, 0.15) is 28.8 Å². The molecule has 5 rings (SSSR count). The number of aromatic hydroxyl groups is 1. The maximum atomic E-state index is 13.3. The number of β-lactam (4-membered cyclic amide) rings is 1. The third kappa shape index (κ3) is 5.05. The Bertz CT molecular complexity index is 1450. The van der Waals surface area contributed by atoms with Crippen LogP contribution < -0.4 is 4.90 Å². The summed E-state index contributed by atoms with van der Waals surface area (Å²) in [5, 5.41) is 29.1. The lowest BCUT2D eigenvalue weighted by Crippen LogP contribution is -2.57. The number of rotatable bonds is 7. The second-order valence-electron chi connectivity index (χ2n) is 8.69. The predicted molar refractivity (Wildman–Crippen MR) is 140 cm³/mol. The highest BCUT2D eigenvalue weighted by molar-refractivity contribution is 8.00. The van der Waals surface area contributed by atoms with E-state index in [0.717, 1.165) is 16.7 Å². The van der Waals surface area contributed by atoms with Crippen LogP contribution in [0.25, 0.3) is 11.1 Å². The van der Waals surface area contributed by atoms with Gasteiger partial charge in [-0.05, 0) is 59.2 Å². The van der Waals surface area contributed by atoms with Gasteiger partial charge in [-0.15, -0.1) is 11.8 Å². The zero-order valence-corrected chi connectivity index (χ0v) is 20.3. The summed E-state index contributed by atoms with van der Waals surface area (Å²) in [6, 6.07) is 23.5. The smallest absolute Gasteiger partial charge is 0.243 e. The number of amides is 1. The number of phenols is 1. The van der Waals surface area contributed by atoms with Gasteiger partial charge in [0.15, 0.2) is 0 Å². The van der Waals surface area contributed by atoms with Crippen molar-refractivity contribution in [2.45, 2.75) is 17.4 Å². The molecule has 4 aromatic rings. The first-order valence-corrected chi connectivity index (χ1v) is 12.6. The van der Waals surface area contributed by atoms with E-state index in [1.165, 1.54) is 42.2 Å². The molecular formula is C29H22FN3O3S. The highest BCUT2D eigenvalue weighted by Crippen LogP contribution is 2.46. The Labute approximate surface area is 217 Å². The summed E-state index contributed by atoms with van der Waals surface area (Å²) in [7, 11) is 0. The molecule has 0 bridgehead atoms. The highest BCUT2D eigenvalue weighted by Gasteiger charge is 2.49. The molecule has 1 saturated heterocycles. The van der Waals surface area contributed by atoms with Crippen LogP contribution in [0.3, 0.4) is 0 Å². The molecule has 37 heavy (non-hydrogen) atoms. The van der Waals surface area contributed by atoms with E-state index < -0.39 is 11.4 Å². The fourth-order valence-electron chi connectivity index (χ4n) is 4.36. The number of aliphatic hydroxyl groups excluding tert-OH is 1. The van der Waals surface area contributed by atoms with Gasteiger partial charge in [0.2, 0.25) is 5.91 Å². The Morgan fingerprint density at radius 3 is 2.38 bits per heavy atom. The summed E-state index contributed by atoms with van der Waals surface area (Å²) in [6.45, 7) is 0. The Morgan fingerprint density at radius 1 is 1.00 bits per heavy atom. The third-order valence-electron chi connectivity index (χ3n) is 6.31. The minimum Gasteiger partial charge on any atom is -0.508 e. The van der Waals surface area contributed by atoms with Gasteiger partial charge in [-0.2, -0.15) is 5.26 Å². The molecule has 1 amide bonds. The predicted octanol–water partition coefficient (Wildman–Crippen LogP) is 5.39. The van der Waals surface area contributed by atoms with Gasteiger partial charge >= 0.3 is 0 Å². The third-order valence-corrected chi connectivity index (χ3v) is 7.64. The Morgan fingerprint density at radius 2 is 1.70 bits per heavy atom. The van der Waals surface area contributed by atoms with Crippen molar-refractivity contribution >= 4 is 23.4 Å². The molecule has 2 N–H and O–H groups in total. The SMILES string of the molecule is N#Cc1cncc(-c2ccc(N3C(=O)[C@H](SC[C@@H](O)c4ccc(F)cc4)[C@H]3c3ccc(O)cc3)cc2)c1. The second-order valence-corrected chi connectivity index (χ2v) is 9.86. The van der Waals surface area contributed by atoms with Crippen LogP contribution in [0.4, 0.5) is 10.1 Å². The first-order chi connectivity index (χ1) is 17.9. The van der Waals surface area contributed by atoms with Crippen LogP contribution >= 0.6 is 11.8 Å². The van der Waals surface area contributed by atoms with E-state index in [9.17, 15) is 19.4 Å². The van der Waals surface area contributed by atoms with Crippen molar-refractivity contribution in [3.63, 3.8) is 0 Å². The van der Waals surface area contributed by atoms with Crippen molar-refractivity contribution in [3.05, 3.63) is 114 Å². The number of anilines is 1. The van der Waals surface area contributed by atoms with Crippen molar-refractivity contribution in [2.24, 2.45) is 0 Å². The van der Waals surface area contributed by atoms with Gasteiger partial charge in [0.05, 0.1) is 17.7 Å². The number of thioether (sulfide) groups is 1. The zero-order valence-electron chi connectivity index (χ0n) is 19.5. The molecule has 184 valence electrons. The van der Waals surface area contributed by atoms with Crippen molar-refractivity contribution in [2.75, 3.05) is 10.7 Å². The van der Waals surface area contributed by atoms with E-state index in [2.05, 4.69) is 11.1 Å². The maximum Gasteiger partial charge on any atom is 0.243 e. The van der Waals surface area contributed by atoms with Gasteiger partial charge in [0.25, 0.3) is 0 Å². The number of hydrogen-bond acceptors (Lipinski definition) is 6. The summed E-state index contributed by atoms with van der Waals surface area (Å²) < 4.78 is 13.2. The fraction of sp³-hybridized carbons (Fsp3) is 0.138. The molecule has 0 radical (unpaired) electrons. The molecule has 0 saturated carbocycles. The van der Waals surface area contributed by atoms with E-state index in [0.29, 0.717) is 16.8 Å². The highest BCUT2D eigenvalue weighted by atomic mass is 32.2. The van der Waals surface area contributed by atoms with Crippen molar-refractivity contribution in [1.29, 1.82) is 5.26 Å². The van der Waals surface area contributed by atoms with Crippen LogP contribution in [0, 0.1) is 17.1 Å². The number of carbonyl (C=O) groups excluding carboxylic acids is 1. The minimum atomic E-state index is -0.843. The lowest BCUT2D eigenvalue weighted by Gasteiger charge is -2.47. The zero-order chi connectivity index (χ0) is 25.9. The topological polar surface area (TPSA) is 97.5 Å². The van der Waals surface area contributed by atoms with Crippen LogP contribution in [-0.2, 0) is 4.79 Å². The van der Waals surface area contributed by atoms with Gasteiger partial charge in [0, 0.05) is 29.4 Å². The summed E-state index contributed by atoms with van der Waals surface area (Å²) >= 11 is 1.35. The number of carbonyl (C=O) groups is 1. The number of halogens is 1. The molecule has 0 unspecified atom stereocenters. The molecular weight excluding hydrogens is 489 g/mol. The van der Waals surface area contributed by atoms with Crippen LogP contribution in [0.15, 0.2) is 91.3 Å². The quantitative estimate of drug-likeness (QED) is 0.323. The molecule has 6 nitrogen and oxygen atoms in total. The van der Waals surface area contributed by atoms with E-state index in [-0.39, 0.29) is 29.3 Å². The molecule has 2 heterocycles. The molecule has 0 spiro atoms. The Kier molecular flexibility index (Phi) is 6.91. The minimum absolute atomic E-state index is 0.0877. The molecule has 3 atom stereocenters. The first-order valence-electron chi connectivity index (χ1n) is 11.6. The average molecular weight is 512 g/mol. The van der Waals surface area contributed by atoms with Gasteiger partial charge < -0.3 is 15.1 Å². The van der Waals surface area contributed by atoms with Gasteiger partial charge in [-0.1, -0.05) is 36.4 Å². The van der Waals surface area contributed by atoms with Crippen LogP contribution in [0.2, 0.25) is 0 Å². The monoisotopic (exact) mass is 511 g/mol. The summed E-state index contributed by atoms with van der Waals surface area (Å²) in [6.07, 6.45) is 2.34. The molecule has 1 aliphatic rings. The molecule has 1 aliphatic heterocycles. The van der Waals surface area contributed by atoms with Crippen LogP contribution in [0.5, 0.6) is 5.75 Å². The van der Waals surface area contributed by atoms with E-state index in [4.69, 9.17) is 5.26 Å². The van der Waals surface area contributed by atoms with Gasteiger partial charge in [-0.25, -0.2) is 4.39 Å². The van der Waals surface area contributed by atoms with E-state index in [1.54, 1.807) is 41.4 Å². The maximum absolute atomic E-state index is 13.3. The number of hydrogen-bond donors (Lipinski definition) is 2. The lowest BCUT2D eigenvalue weighted by atomic mass is 9.92. The van der Waals surface area contributed by atoms with Gasteiger partial charge in [-0.3, -0.25) is 9.78 Å². The van der Waals surface area contributed by atoms with E-state index in [1.807, 2.05) is 24.3 Å². The summed E-state index contributed by atoms with van der Waals surface area (Å²) in [4.78, 5) is 19.1. The molecule has 0 aliphatic carbocycles. The first kappa shape index (κ1) is 24.5. The van der Waals surface area contributed by atoms with Gasteiger partial charge in [0.1, 0.15) is 22.9 Å². The fourth-order valence-corrected chi connectivity index (χ4v) is 5.66. The van der Waals surface area contributed by atoms with Crippen molar-refractivity contribution < 1.29 is 19.4 Å². The average Bonchev–Trinajstić information content (AvgIpc) is 2.93. The Hall–Kier alpha value is -4.19. The lowest BCUT2D eigenvalue weighted by molar-refractivity contribution is -0.123. The second kappa shape index (κ2) is 10.4. The number of aromatic nitrogens is 1. The molecule has 3 aromatic carbocycles.